The van der Waals surface area contributed by atoms with E-state index in [4.69, 9.17) is 0 Å². The SMILES string of the molecule is CC(NC(=O)c1cc(=O)[nH]c(=O)[nH]1)c1cccc(Br)c1. The monoisotopic (exact) mass is 337 g/mol. The van der Waals surface area contributed by atoms with Crippen LogP contribution in [0.1, 0.15) is 29.0 Å². The van der Waals surface area contributed by atoms with E-state index in [2.05, 4.69) is 26.2 Å². The molecule has 0 bridgehead atoms. The lowest BCUT2D eigenvalue weighted by Gasteiger charge is -2.14. The molecule has 6 nitrogen and oxygen atoms in total. The van der Waals surface area contributed by atoms with Crippen LogP contribution in [0.3, 0.4) is 0 Å². The van der Waals surface area contributed by atoms with Gasteiger partial charge in [-0.25, -0.2) is 4.79 Å². The van der Waals surface area contributed by atoms with Crippen LogP contribution in [0.2, 0.25) is 0 Å². The number of carbonyl (C=O) groups excluding carboxylic acids is 1. The van der Waals surface area contributed by atoms with Crippen molar-refractivity contribution in [1.29, 1.82) is 0 Å². The van der Waals surface area contributed by atoms with Crippen LogP contribution in [-0.2, 0) is 0 Å². The summed E-state index contributed by atoms with van der Waals surface area (Å²) in [5.74, 6) is -0.513. The molecule has 2 rings (SSSR count). The number of carbonyl (C=O) groups is 1. The van der Waals surface area contributed by atoms with Crippen LogP contribution in [0.15, 0.2) is 44.4 Å². The molecule has 0 spiro atoms. The minimum Gasteiger partial charge on any atom is -0.344 e. The van der Waals surface area contributed by atoms with E-state index in [0.717, 1.165) is 16.1 Å². The summed E-state index contributed by atoms with van der Waals surface area (Å²) in [5.41, 5.74) is -0.493. The van der Waals surface area contributed by atoms with Crippen LogP contribution in [0, 0.1) is 0 Å². The molecule has 3 N–H and O–H groups in total. The van der Waals surface area contributed by atoms with Gasteiger partial charge in [-0.05, 0) is 24.6 Å². The highest BCUT2D eigenvalue weighted by Gasteiger charge is 2.13. The third-order valence-corrected chi connectivity index (χ3v) is 3.19. The summed E-state index contributed by atoms with van der Waals surface area (Å²) >= 11 is 3.35. The van der Waals surface area contributed by atoms with Gasteiger partial charge in [-0.1, -0.05) is 28.1 Å². The van der Waals surface area contributed by atoms with E-state index in [1.54, 1.807) is 0 Å². The molecule has 0 saturated heterocycles. The Balaban J connectivity index is 2.19. The molecule has 2 aromatic rings. The summed E-state index contributed by atoms with van der Waals surface area (Å²) in [5, 5.41) is 2.71. The second-order valence-electron chi connectivity index (χ2n) is 4.25. The van der Waals surface area contributed by atoms with Crippen LogP contribution in [-0.4, -0.2) is 15.9 Å². The second kappa shape index (κ2) is 5.87. The van der Waals surface area contributed by atoms with Crippen molar-refractivity contribution in [3.05, 3.63) is 66.9 Å². The van der Waals surface area contributed by atoms with Crippen molar-refractivity contribution < 1.29 is 4.79 Å². The minimum absolute atomic E-state index is 0.0689. The maximum absolute atomic E-state index is 12.0. The zero-order valence-corrected chi connectivity index (χ0v) is 12.2. The summed E-state index contributed by atoms with van der Waals surface area (Å²) in [6.45, 7) is 1.81. The Hall–Kier alpha value is -2.15. The summed E-state index contributed by atoms with van der Waals surface area (Å²) < 4.78 is 0.903. The first-order chi connectivity index (χ1) is 9.45. The molecule has 104 valence electrons. The molecule has 20 heavy (non-hydrogen) atoms. The van der Waals surface area contributed by atoms with Gasteiger partial charge in [0.05, 0.1) is 6.04 Å². The smallest absolute Gasteiger partial charge is 0.326 e. The second-order valence-corrected chi connectivity index (χ2v) is 5.17. The number of amides is 1. The van der Waals surface area contributed by atoms with E-state index in [0.29, 0.717) is 0 Å². The first-order valence-corrected chi connectivity index (χ1v) is 6.65. The van der Waals surface area contributed by atoms with Crippen LogP contribution in [0.25, 0.3) is 0 Å². The lowest BCUT2D eigenvalue weighted by Crippen LogP contribution is -2.32. The average Bonchev–Trinajstić information content (AvgIpc) is 2.37. The predicted molar refractivity (Wildman–Crippen MR) is 77.7 cm³/mol. The van der Waals surface area contributed by atoms with Gasteiger partial charge >= 0.3 is 5.69 Å². The van der Waals surface area contributed by atoms with E-state index in [1.165, 1.54) is 0 Å². The van der Waals surface area contributed by atoms with Gasteiger partial charge in [0.2, 0.25) is 0 Å². The highest BCUT2D eigenvalue weighted by Crippen LogP contribution is 2.17. The highest BCUT2D eigenvalue weighted by molar-refractivity contribution is 9.10. The molecular weight excluding hydrogens is 326 g/mol. The Morgan fingerprint density at radius 1 is 1.25 bits per heavy atom. The number of nitrogens with one attached hydrogen (secondary N) is 3. The molecule has 1 heterocycles. The zero-order chi connectivity index (χ0) is 14.7. The summed E-state index contributed by atoms with van der Waals surface area (Å²) in [6.07, 6.45) is 0. The van der Waals surface area contributed by atoms with Crippen molar-refractivity contribution >= 4 is 21.8 Å². The highest BCUT2D eigenvalue weighted by atomic mass is 79.9. The number of rotatable bonds is 3. The number of H-pyrrole nitrogens is 2. The molecule has 0 saturated carbocycles. The maximum Gasteiger partial charge on any atom is 0.326 e. The first kappa shape index (κ1) is 14.3. The van der Waals surface area contributed by atoms with Crippen molar-refractivity contribution in [2.75, 3.05) is 0 Å². The Kier molecular flexibility index (Phi) is 4.19. The van der Waals surface area contributed by atoms with Crippen molar-refractivity contribution in [1.82, 2.24) is 15.3 Å². The van der Waals surface area contributed by atoms with Gasteiger partial charge in [0, 0.05) is 10.5 Å². The van der Waals surface area contributed by atoms with Crippen molar-refractivity contribution in [2.24, 2.45) is 0 Å². The van der Waals surface area contributed by atoms with Gasteiger partial charge in [-0.15, -0.1) is 0 Å². The topological polar surface area (TPSA) is 94.8 Å². The number of benzene rings is 1. The largest absolute Gasteiger partial charge is 0.344 e. The summed E-state index contributed by atoms with van der Waals surface area (Å²) in [6, 6.07) is 8.28. The predicted octanol–water partition coefficient (Wildman–Crippen LogP) is 1.32. The zero-order valence-electron chi connectivity index (χ0n) is 10.6. The van der Waals surface area contributed by atoms with Crippen LogP contribution in [0.4, 0.5) is 0 Å². The van der Waals surface area contributed by atoms with Crippen LogP contribution < -0.4 is 16.6 Å². The Labute approximate surface area is 122 Å². The molecular formula is C13H12BrN3O3. The number of aromatic amines is 2. The fraction of sp³-hybridized carbons (Fsp3) is 0.154. The molecule has 1 amide bonds. The fourth-order valence-electron chi connectivity index (χ4n) is 1.72. The van der Waals surface area contributed by atoms with Gasteiger partial charge in [-0.2, -0.15) is 0 Å². The van der Waals surface area contributed by atoms with E-state index in [1.807, 2.05) is 36.2 Å². The van der Waals surface area contributed by atoms with Gasteiger partial charge in [0.15, 0.2) is 0 Å². The van der Waals surface area contributed by atoms with Gasteiger partial charge in [0.1, 0.15) is 5.69 Å². The number of hydrogen-bond donors (Lipinski definition) is 3. The van der Waals surface area contributed by atoms with E-state index in [-0.39, 0.29) is 11.7 Å². The summed E-state index contributed by atoms with van der Waals surface area (Å²) in [7, 11) is 0. The first-order valence-electron chi connectivity index (χ1n) is 5.85. The Morgan fingerprint density at radius 3 is 2.65 bits per heavy atom. The molecule has 1 aromatic carbocycles. The van der Waals surface area contributed by atoms with Gasteiger partial charge < -0.3 is 10.3 Å². The molecule has 0 radical (unpaired) electrons. The number of hydrogen-bond acceptors (Lipinski definition) is 3. The van der Waals surface area contributed by atoms with Crippen molar-refractivity contribution in [3.63, 3.8) is 0 Å². The van der Waals surface area contributed by atoms with Gasteiger partial charge in [-0.3, -0.25) is 14.6 Å². The van der Waals surface area contributed by atoms with Crippen LogP contribution in [0.5, 0.6) is 0 Å². The molecule has 0 aliphatic heterocycles. The molecule has 7 heteroatoms. The number of halogens is 1. The maximum atomic E-state index is 12.0. The molecule has 0 aliphatic carbocycles. The molecule has 1 aromatic heterocycles. The minimum atomic E-state index is -0.710. The summed E-state index contributed by atoms with van der Waals surface area (Å²) in [4.78, 5) is 38.5. The third kappa shape index (κ3) is 3.45. The van der Waals surface area contributed by atoms with Crippen LogP contribution >= 0.6 is 15.9 Å². The molecule has 1 unspecified atom stereocenters. The molecule has 0 aliphatic rings. The van der Waals surface area contributed by atoms with E-state index < -0.39 is 17.2 Å². The quantitative estimate of drug-likeness (QED) is 0.788. The molecule has 0 fully saturated rings. The lowest BCUT2D eigenvalue weighted by molar-refractivity contribution is 0.0934. The van der Waals surface area contributed by atoms with Gasteiger partial charge in [0.25, 0.3) is 11.5 Å². The normalized spacial score (nSPS) is 11.9. The number of aromatic nitrogens is 2. The van der Waals surface area contributed by atoms with E-state index in [9.17, 15) is 14.4 Å². The van der Waals surface area contributed by atoms with Crippen molar-refractivity contribution in [2.45, 2.75) is 13.0 Å². The average molecular weight is 338 g/mol. The molecule has 1 atom stereocenters. The van der Waals surface area contributed by atoms with E-state index >= 15 is 0 Å². The lowest BCUT2D eigenvalue weighted by atomic mass is 10.1. The Morgan fingerprint density at radius 2 is 2.00 bits per heavy atom. The standard InChI is InChI=1S/C13H12BrN3O3/c1-7(8-3-2-4-9(14)5-8)15-12(19)10-6-11(18)17-13(20)16-10/h2-7H,1H3,(H,15,19)(H2,16,17,18,20). The van der Waals surface area contributed by atoms with Crippen molar-refractivity contribution in [3.8, 4) is 0 Å². The fourth-order valence-corrected chi connectivity index (χ4v) is 2.14. The third-order valence-electron chi connectivity index (χ3n) is 2.70. The Bertz CT molecular complexity index is 723.